The van der Waals surface area contributed by atoms with Crippen LogP contribution in [0.5, 0.6) is 11.5 Å². The molecule has 1 aromatic heterocycles. The molecule has 174 valence electrons. The number of amides is 1. The van der Waals surface area contributed by atoms with Gasteiger partial charge in [-0.25, -0.2) is 9.82 Å². The van der Waals surface area contributed by atoms with Gasteiger partial charge in [-0.2, -0.15) is 5.10 Å². The van der Waals surface area contributed by atoms with E-state index in [2.05, 4.69) is 26.5 Å². The molecular weight excluding hydrogens is 527 g/mol. The van der Waals surface area contributed by atoms with Crippen LogP contribution in [-0.2, 0) is 6.61 Å². The Labute approximate surface area is 208 Å². The monoisotopic (exact) mass is 544 g/mol. The molecule has 0 aliphatic carbocycles. The molecule has 0 bridgehead atoms. The van der Waals surface area contributed by atoms with Crippen molar-refractivity contribution in [1.82, 2.24) is 5.43 Å². The number of furan rings is 1. The number of ether oxygens (including phenoxy) is 2. The minimum Gasteiger partial charge on any atom is -0.494 e. The van der Waals surface area contributed by atoms with E-state index in [9.17, 15) is 9.18 Å². The molecule has 1 N–H and O–H groups in total. The summed E-state index contributed by atoms with van der Waals surface area (Å²) in [5.74, 6) is 0.414. The first-order chi connectivity index (χ1) is 16.4. The molecule has 0 saturated heterocycles. The van der Waals surface area contributed by atoms with Crippen molar-refractivity contribution in [2.24, 2.45) is 5.10 Å². The van der Waals surface area contributed by atoms with Crippen molar-refractivity contribution in [2.45, 2.75) is 13.5 Å². The van der Waals surface area contributed by atoms with Crippen LogP contribution in [0.25, 0.3) is 11.0 Å². The lowest BCUT2D eigenvalue weighted by molar-refractivity contribution is 0.0929. The van der Waals surface area contributed by atoms with Gasteiger partial charge in [0.2, 0.25) is 0 Å². The fourth-order valence-electron chi connectivity index (χ4n) is 3.18. The van der Waals surface area contributed by atoms with Crippen LogP contribution in [0.15, 0.2) is 74.7 Å². The summed E-state index contributed by atoms with van der Waals surface area (Å²) in [6.45, 7) is 2.60. The predicted molar refractivity (Wildman–Crippen MR) is 132 cm³/mol. The third kappa shape index (κ3) is 5.76. The Kier molecular flexibility index (Phi) is 7.49. The van der Waals surface area contributed by atoms with Crippen LogP contribution in [0.3, 0.4) is 0 Å². The fourth-order valence-corrected chi connectivity index (χ4v) is 4.17. The smallest absolute Gasteiger partial charge is 0.307 e. The third-order valence-corrected chi connectivity index (χ3v) is 5.56. The van der Waals surface area contributed by atoms with E-state index in [-0.39, 0.29) is 18.2 Å². The molecule has 0 spiro atoms. The number of fused-ring (bicyclic) bond motifs is 1. The highest BCUT2D eigenvalue weighted by Crippen LogP contribution is 2.34. The van der Waals surface area contributed by atoms with Crippen molar-refractivity contribution >= 4 is 50.6 Å². The Morgan fingerprint density at radius 2 is 2.03 bits per heavy atom. The second-order valence-corrected chi connectivity index (χ2v) is 8.44. The summed E-state index contributed by atoms with van der Waals surface area (Å²) >= 11 is 9.77. The Morgan fingerprint density at radius 3 is 2.79 bits per heavy atom. The summed E-state index contributed by atoms with van der Waals surface area (Å²) in [5, 5.41) is 5.07. The molecule has 1 heterocycles. The van der Waals surface area contributed by atoms with Crippen molar-refractivity contribution in [3.63, 3.8) is 0 Å². The van der Waals surface area contributed by atoms with Gasteiger partial charge in [0.15, 0.2) is 11.5 Å². The van der Waals surface area contributed by atoms with Crippen molar-refractivity contribution in [2.75, 3.05) is 6.61 Å². The van der Waals surface area contributed by atoms with Gasteiger partial charge < -0.3 is 13.9 Å². The molecule has 1 amide bonds. The fraction of sp³-hybridized carbons (Fsp3) is 0.120. The summed E-state index contributed by atoms with van der Waals surface area (Å²) < 4.78 is 30.7. The summed E-state index contributed by atoms with van der Waals surface area (Å²) in [7, 11) is 0. The topological polar surface area (TPSA) is 73.1 Å². The molecule has 0 atom stereocenters. The van der Waals surface area contributed by atoms with E-state index in [1.165, 1.54) is 18.3 Å². The maximum Gasteiger partial charge on any atom is 0.307 e. The molecule has 4 rings (SSSR count). The van der Waals surface area contributed by atoms with Crippen LogP contribution in [-0.4, -0.2) is 18.7 Å². The molecule has 0 unspecified atom stereocenters. The zero-order valence-corrected chi connectivity index (χ0v) is 20.3. The number of nitrogens with zero attached hydrogens (tertiary/aromatic N) is 1. The largest absolute Gasteiger partial charge is 0.494 e. The highest BCUT2D eigenvalue weighted by Gasteiger charge is 2.13. The molecule has 34 heavy (non-hydrogen) atoms. The average molecular weight is 546 g/mol. The normalized spacial score (nSPS) is 11.2. The zero-order valence-electron chi connectivity index (χ0n) is 18.0. The lowest BCUT2D eigenvalue weighted by atomic mass is 10.2. The number of hydrogen-bond acceptors (Lipinski definition) is 5. The highest BCUT2D eigenvalue weighted by atomic mass is 79.9. The van der Waals surface area contributed by atoms with Gasteiger partial charge in [0, 0.05) is 5.39 Å². The predicted octanol–water partition coefficient (Wildman–Crippen LogP) is 6.73. The Hall–Kier alpha value is -3.36. The molecule has 0 aliphatic heterocycles. The Bertz CT molecular complexity index is 1350. The van der Waals surface area contributed by atoms with Gasteiger partial charge in [0.05, 0.1) is 22.3 Å². The number of nitrogens with one attached hydrogen (secondary N) is 1. The molecular formula is C25H19BrClFN2O4. The van der Waals surface area contributed by atoms with E-state index in [0.29, 0.717) is 44.3 Å². The molecule has 3 aromatic carbocycles. The summed E-state index contributed by atoms with van der Waals surface area (Å²) in [4.78, 5) is 12.4. The van der Waals surface area contributed by atoms with Crippen LogP contribution < -0.4 is 14.9 Å². The number of benzene rings is 3. The lowest BCUT2D eigenvalue weighted by Crippen LogP contribution is -2.16. The SMILES string of the molecule is CCOc1ccc2oc(C(=O)N/N=C/c3cc(Cl)c(OCc4cccc(F)c4)c(Br)c3)cc2c1. The first kappa shape index (κ1) is 23.8. The van der Waals surface area contributed by atoms with Gasteiger partial charge in [-0.15, -0.1) is 0 Å². The van der Waals surface area contributed by atoms with E-state index < -0.39 is 5.91 Å². The minimum atomic E-state index is -0.495. The molecule has 0 saturated carbocycles. The summed E-state index contributed by atoms with van der Waals surface area (Å²) in [6.07, 6.45) is 1.45. The number of hydrogen-bond donors (Lipinski definition) is 1. The van der Waals surface area contributed by atoms with Gasteiger partial charge >= 0.3 is 5.91 Å². The van der Waals surface area contributed by atoms with Crippen molar-refractivity contribution in [1.29, 1.82) is 0 Å². The molecule has 0 fully saturated rings. The van der Waals surface area contributed by atoms with E-state index in [0.717, 1.165) is 5.39 Å². The van der Waals surface area contributed by atoms with E-state index >= 15 is 0 Å². The van der Waals surface area contributed by atoms with E-state index in [4.69, 9.17) is 25.5 Å². The van der Waals surface area contributed by atoms with E-state index in [1.807, 2.05) is 6.92 Å². The number of rotatable bonds is 8. The maximum atomic E-state index is 13.3. The minimum absolute atomic E-state index is 0.126. The molecule has 0 aliphatic rings. The molecule has 0 radical (unpaired) electrons. The first-order valence-corrected chi connectivity index (χ1v) is 11.5. The maximum absolute atomic E-state index is 13.3. The van der Waals surface area contributed by atoms with Crippen LogP contribution >= 0.6 is 27.5 Å². The van der Waals surface area contributed by atoms with Gasteiger partial charge in [-0.1, -0.05) is 23.7 Å². The number of halogens is 3. The Balaban J connectivity index is 1.40. The number of carbonyl (C=O) groups excluding carboxylic acids is 1. The van der Waals surface area contributed by atoms with Gasteiger partial charge in [-0.05, 0) is 82.5 Å². The third-order valence-electron chi connectivity index (χ3n) is 4.70. The van der Waals surface area contributed by atoms with Gasteiger partial charge in [-0.3, -0.25) is 4.79 Å². The number of hydrazone groups is 1. The highest BCUT2D eigenvalue weighted by molar-refractivity contribution is 9.10. The van der Waals surface area contributed by atoms with Crippen molar-refractivity contribution < 1.29 is 23.1 Å². The molecule has 6 nitrogen and oxygen atoms in total. The lowest BCUT2D eigenvalue weighted by Gasteiger charge is -2.11. The van der Waals surface area contributed by atoms with Gasteiger partial charge in [0.25, 0.3) is 0 Å². The molecule has 4 aromatic rings. The van der Waals surface area contributed by atoms with Crippen LogP contribution in [0.4, 0.5) is 4.39 Å². The second-order valence-electron chi connectivity index (χ2n) is 7.17. The zero-order chi connectivity index (χ0) is 24.1. The second kappa shape index (κ2) is 10.7. The number of carbonyl (C=O) groups is 1. The van der Waals surface area contributed by atoms with Crippen LogP contribution in [0, 0.1) is 5.82 Å². The van der Waals surface area contributed by atoms with Crippen molar-refractivity contribution in [3.8, 4) is 11.5 Å². The van der Waals surface area contributed by atoms with Crippen LogP contribution in [0.2, 0.25) is 5.02 Å². The standard InChI is InChI=1S/C25H19BrClFN2O4/c1-2-32-19-6-7-22-17(11-19)12-23(34-22)25(31)30-29-13-16-9-20(26)24(21(27)10-16)33-14-15-4-3-5-18(28)8-15/h3-13H,2,14H2,1H3,(H,30,31)/b29-13+. The average Bonchev–Trinajstić information content (AvgIpc) is 3.22. The summed E-state index contributed by atoms with van der Waals surface area (Å²) in [6, 6.07) is 16.5. The summed E-state index contributed by atoms with van der Waals surface area (Å²) in [5.41, 5.74) is 4.31. The Morgan fingerprint density at radius 1 is 1.18 bits per heavy atom. The van der Waals surface area contributed by atoms with E-state index in [1.54, 1.807) is 48.5 Å². The quantitative estimate of drug-likeness (QED) is 0.197. The van der Waals surface area contributed by atoms with Crippen LogP contribution in [0.1, 0.15) is 28.6 Å². The van der Waals surface area contributed by atoms with Crippen molar-refractivity contribution in [3.05, 3.63) is 92.9 Å². The van der Waals surface area contributed by atoms with Gasteiger partial charge in [0.1, 0.15) is 23.8 Å². The first-order valence-electron chi connectivity index (χ1n) is 10.3. The molecule has 9 heteroatoms.